The van der Waals surface area contributed by atoms with Crippen molar-refractivity contribution in [3.63, 3.8) is 0 Å². The lowest BCUT2D eigenvalue weighted by atomic mass is 10.1. The van der Waals surface area contributed by atoms with Gasteiger partial charge in [-0.15, -0.1) is 0 Å². The molecule has 0 aromatic heterocycles. The van der Waals surface area contributed by atoms with Gasteiger partial charge in [0.05, 0.1) is 6.54 Å². The highest BCUT2D eigenvalue weighted by Gasteiger charge is 2.08. The summed E-state index contributed by atoms with van der Waals surface area (Å²) < 4.78 is 23.7. The van der Waals surface area contributed by atoms with Gasteiger partial charge in [-0.2, -0.15) is 0 Å². The summed E-state index contributed by atoms with van der Waals surface area (Å²) in [6.07, 6.45) is -1.34. The first-order valence-corrected chi connectivity index (χ1v) is 4.23. The third-order valence-corrected chi connectivity index (χ3v) is 1.86. The van der Waals surface area contributed by atoms with Crippen LogP contribution in [0.2, 0.25) is 0 Å². The molecule has 1 atom stereocenters. The molecule has 0 amide bonds. The van der Waals surface area contributed by atoms with Crippen molar-refractivity contribution in [1.29, 1.82) is 0 Å². The maximum absolute atomic E-state index is 11.8. The molecule has 0 spiro atoms. The Labute approximate surface area is 72.7 Å². The molecule has 0 aromatic carbocycles. The van der Waals surface area contributed by atoms with E-state index in [1.54, 1.807) is 11.9 Å². The first kappa shape index (κ1) is 11.8. The summed E-state index contributed by atoms with van der Waals surface area (Å²) in [7, 11) is 1.70. The van der Waals surface area contributed by atoms with Crippen molar-refractivity contribution in [2.24, 2.45) is 11.7 Å². The Kier molecular flexibility index (Phi) is 6.20. The molecule has 0 saturated heterocycles. The van der Waals surface area contributed by atoms with Gasteiger partial charge in [-0.25, -0.2) is 8.78 Å². The third-order valence-electron chi connectivity index (χ3n) is 1.86. The van der Waals surface area contributed by atoms with E-state index < -0.39 is 6.43 Å². The summed E-state index contributed by atoms with van der Waals surface area (Å²) in [5.74, 6) is 0.421. The van der Waals surface area contributed by atoms with Gasteiger partial charge in [0.1, 0.15) is 0 Å². The Morgan fingerprint density at radius 1 is 1.42 bits per heavy atom. The molecule has 0 aliphatic rings. The minimum atomic E-state index is -2.23. The maximum Gasteiger partial charge on any atom is 0.251 e. The zero-order chi connectivity index (χ0) is 9.56. The molecular weight excluding hydrogens is 162 g/mol. The zero-order valence-electron chi connectivity index (χ0n) is 7.76. The van der Waals surface area contributed by atoms with Gasteiger partial charge in [0.15, 0.2) is 0 Å². The van der Waals surface area contributed by atoms with Crippen molar-refractivity contribution in [1.82, 2.24) is 4.90 Å². The Morgan fingerprint density at radius 3 is 2.42 bits per heavy atom. The molecule has 0 heterocycles. The van der Waals surface area contributed by atoms with Crippen molar-refractivity contribution >= 4 is 0 Å². The number of halogens is 2. The molecule has 12 heavy (non-hydrogen) atoms. The molecule has 0 aliphatic carbocycles. The molecule has 2 N–H and O–H groups in total. The molecule has 0 fully saturated rings. The van der Waals surface area contributed by atoms with Crippen LogP contribution in [0.15, 0.2) is 0 Å². The maximum atomic E-state index is 11.8. The molecule has 0 radical (unpaired) electrons. The van der Waals surface area contributed by atoms with Crippen molar-refractivity contribution in [2.45, 2.75) is 19.8 Å². The van der Waals surface area contributed by atoms with Gasteiger partial charge in [-0.05, 0) is 32.5 Å². The summed E-state index contributed by atoms with van der Waals surface area (Å²) in [6, 6.07) is 0. The summed E-state index contributed by atoms with van der Waals surface area (Å²) >= 11 is 0. The fraction of sp³-hybridized carbons (Fsp3) is 1.00. The smallest absolute Gasteiger partial charge is 0.251 e. The average molecular weight is 180 g/mol. The minimum Gasteiger partial charge on any atom is -0.330 e. The molecule has 1 unspecified atom stereocenters. The SMILES string of the molecule is CC(CN)CCN(C)CC(F)F. The van der Waals surface area contributed by atoms with E-state index in [2.05, 4.69) is 0 Å². The molecule has 0 bridgehead atoms. The van der Waals surface area contributed by atoms with Crippen LogP contribution in [0.25, 0.3) is 0 Å². The highest BCUT2D eigenvalue weighted by molar-refractivity contribution is 4.58. The van der Waals surface area contributed by atoms with E-state index in [1.165, 1.54) is 0 Å². The molecule has 0 rings (SSSR count). The van der Waals surface area contributed by atoms with E-state index in [9.17, 15) is 8.78 Å². The van der Waals surface area contributed by atoms with Gasteiger partial charge in [0.25, 0.3) is 6.43 Å². The Bertz CT molecular complexity index is 109. The average Bonchev–Trinajstić information content (AvgIpc) is 1.99. The number of nitrogens with zero attached hydrogens (tertiary/aromatic N) is 1. The van der Waals surface area contributed by atoms with Gasteiger partial charge >= 0.3 is 0 Å². The second kappa shape index (κ2) is 6.31. The van der Waals surface area contributed by atoms with Gasteiger partial charge in [0.2, 0.25) is 0 Å². The summed E-state index contributed by atoms with van der Waals surface area (Å²) in [6.45, 7) is 3.21. The highest BCUT2D eigenvalue weighted by atomic mass is 19.3. The lowest BCUT2D eigenvalue weighted by Gasteiger charge is -2.17. The monoisotopic (exact) mass is 180 g/mol. The molecule has 2 nitrogen and oxygen atoms in total. The number of hydrogen-bond donors (Lipinski definition) is 1. The molecule has 0 aliphatic heterocycles. The largest absolute Gasteiger partial charge is 0.330 e. The van der Waals surface area contributed by atoms with Crippen LogP contribution in [0.4, 0.5) is 8.78 Å². The highest BCUT2D eigenvalue weighted by Crippen LogP contribution is 2.02. The quantitative estimate of drug-likeness (QED) is 0.664. The van der Waals surface area contributed by atoms with Crippen molar-refractivity contribution < 1.29 is 8.78 Å². The van der Waals surface area contributed by atoms with E-state index in [0.29, 0.717) is 19.0 Å². The predicted molar refractivity (Wildman–Crippen MR) is 46.3 cm³/mol. The Balaban J connectivity index is 3.36. The molecule has 0 saturated carbocycles. The van der Waals surface area contributed by atoms with Crippen molar-refractivity contribution in [3.8, 4) is 0 Å². The van der Waals surface area contributed by atoms with E-state index in [0.717, 1.165) is 6.42 Å². The predicted octanol–water partition coefficient (Wildman–Crippen LogP) is 1.17. The fourth-order valence-corrected chi connectivity index (χ4v) is 0.886. The Hall–Kier alpha value is -0.220. The van der Waals surface area contributed by atoms with E-state index in [4.69, 9.17) is 5.73 Å². The van der Waals surface area contributed by atoms with Crippen LogP contribution >= 0.6 is 0 Å². The minimum absolute atomic E-state index is 0.142. The summed E-state index contributed by atoms with van der Waals surface area (Å²) in [4.78, 5) is 1.64. The topological polar surface area (TPSA) is 29.3 Å². The normalized spacial score (nSPS) is 14.2. The molecular formula is C8H18F2N2. The first-order chi connectivity index (χ1) is 5.56. The van der Waals surface area contributed by atoms with E-state index in [-0.39, 0.29) is 6.54 Å². The fourth-order valence-electron chi connectivity index (χ4n) is 0.886. The number of nitrogens with two attached hydrogens (primary N) is 1. The molecule has 74 valence electrons. The summed E-state index contributed by atoms with van der Waals surface area (Å²) in [5.41, 5.74) is 5.39. The van der Waals surface area contributed by atoms with Crippen LogP contribution in [0.1, 0.15) is 13.3 Å². The third kappa shape index (κ3) is 6.49. The zero-order valence-corrected chi connectivity index (χ0v) is 7.76. The Morgan fingerprint density at radius 2 is 2.00 bits per heavy atom. The lowest BCUT2D eigenvalue weighted by molar-refractivity contribution is 0.0982. The number of alkyl halides is 2. The van der Waals surface area contributed by atoms with E-state index in [1.807, 2.05) is 6.92 Å². The van der Waals surface area contributed by atoms with Crippen molar-refractivity contribution in [3.05, 3.63) is 0 Å². The van der Waals surface area contributed by atoms with E-state index >= 15 is 0 Å². The van der Waals surface area contributed by atoms with Gasteiger partial charge in [-0.3, -0.25) is 0 Å². The van der Waals surface area contributed by atoms with Crippen LogP contribution in [0.3, 0.4) is 0 Å². The summed E-state index contributed by atoms with van der Waals surface area (Å²) in [5, 5.41) is 0. The molecule has 0 aromatic rings. The van der Waals surface area contributed by atoms with Crippen LogP contribution in [0, 0.1) is 5.92 Å². The van der Waals surface area contributed by atoms with Gasteiger partial charge < -0.3 is 10.6 Å². The van der Waals surface area contributed by atoms with Crippen LogP contribution < -0.4 is 5.73 Å². The number of rotatable bonds is 6. The van der Waals surface area contributed by atoms with Crippen LogP contribution in [0.5, 0.6) is 0 Å². The van der Waals surface area contributed by atoms with Gasteiger partial charge in [-0.1, -0.05) is 6.92 Å². The molecule has 4 heteroatoms. The lowest BCUT2D eigenvalue weighted by Crippen LogP contribution is -2.27. The first-order valence-electron chi connectivity index (χ1n) is 4.23. The van der Waals surface area contributed by atoms with Crippen LogP contribution in [-0.4, -0.2) is 38.0 Å². The second-order valence-corrected chi connectivity index (χ2v) is 3.28. The second-order valence-electron chi connectivity index (χ2n) is 3.28. The number of hydrogen-bond acceptors (Lipinski definition) is 2. The van der Waals surface area contributed by atoms with Crippen LogP contribution in [-0.2, 0) is 0 Å². The standard InChI is InChI=1S/C8H18F2N2/c1-7(5-11)3-4-12(2)6-8(9)10/h7-8H,3-6,11H2,1-2H3. The van der Waals surface area contributed by atoms with Crippen molar-refractivity contribution in [2.75, 3.05) is 26.7 Å². The van der Waals surface area contributed by atoms with Gasteiger partial charge in [0, 0.05) is 0 Å².